The number of imide groups is 1. The summed E-state index contributed by atoms with van der Waals surface area (Å²) in [7, 11) is 0. The monoisotopic (exact) mass is 428 g/mol. The van der Waals surface area contributed by atoms with Crippen LogP contribution in [0.2, 0.25) is 0 Å². The summed E-state index contributed by atoms with van der Waals surface area (Å²) in [5.74, 6) is -0.573. The van der Waals surface area contributed by atoms with Crippen LogP contribution in [0.4, 0.5) is 4.79 Å². The van der Waals surface area contributed by atoms with Gasteiger partial charge in [0.15, 0.2) is 0 Å². The zero-order valence-corrected chi connectivity index (χ0v) is 17.6. The second kappa shape index (κ2) is 8.34. The number of H-pyrrole nitrogens is 1. The Bertz CT molecular complexity index is 1210. The maximum absolute atomic E-state index is 12.9. The van der Waals surface area contributed by atoms with Crippen molar-refractivity contribution in [2.45, 2.75) is 18.9 Å². The minimum atomic E-state index is -0.666. The molecule has 5 rings (SSSR count). The zero-order chi connectivity index (χ0) is 22.1. The molecule has 0 spiro atoms. The first-order valence-corrected chi connectivity index (χ1v) is 10.8. The summed E-state index contributed by atoms with van der Waals surface area (Å²) < 4.78 is 0. The molecule has 7 heteroatoms. The fourth-order valence-corrected chi connectivity index (χ4v) is 4.43. The van der Waals surface area contributed by atoms with Crippen LogP contribution in [0, 0.1) is 0 Å². The number of urea groups is 1. The molecule has 2 aromatic carbocycles. The lowest BCUT2D eigenvalue weighted by atomic mass is 9.99. The van der Waals surface area contributed by atoms with Gasteiger partial charge in [0.25, 0.3) is 5.91 Å². The number of nitrogens with zero attached hydrogens (tertiary/aromatic N) is 2. The van der Waals surface area contributed by atoms with Crippen LogP contribution in [0.3, 0.4) is 0 Å². The predicted octanol–water partition coefficient (Wildman–Crippen LogP) is 2.95. The molecule has 2 N–H and O–H groups in total. The lowest BCUT2D eigenvalue weighted by molar-refractivity contribution is -0.137. The highest BCUT2D eigenvalue weighted by atomic mass is 16.2. The van der Waals surface area contributed by atoms with Gasteiger partial charge in [0.2, 0.25) is 5.91 Å². The van der Waals surface area contributed by atoms with Crippen molar-refractivity contribution < 1.29 is 14.4 Å². The summed E-state index contributed by atoms with van der Waals surface area (Å²) in [6.07, 6.45) is 5.04. The second-order valence-corrected chi connectivity index (χ2v) is 8.18. The van der Waals surface area contributed by atoms with Gasteiger partial charge >= 0.3 is 6.03 Å². The molecule has 162 valence electrons. The summed E-state index contributed by atoms with van der Waals surface area (Å²) in [6, 6.07) is 16.8. The van der Waals surface area contributed by atoms with Crippen LogP contribution in [-0.4, -0.2) is 58.3 Å². The Balaban J connectivity index is 1.22. The van der Waals surface area contributed by atoms with Crippen LogP contribution >= 0.6 is 0 Å². The number of amides is 4. The van der Waals surface area contributed by atoms with E-state index in [1.165, 1.54) is 5.57 Å². The van der Waals surface area contributed by atoms with Crippen molar-refractivity contribution in [1.29, 1.82) is 0 Å². The van der Waals surface area contributed by atoms with E-state index in [4.69, 9.17) is 0 Å². The third-order valence-corrected chi connectivity index (χ3v) is 6.21. The van der Waals surface area contributed by atoms with Gasteiger partial charge in [-0.3, -0.25) is 14.5 Å². The van der Waals surface area contributed by atoms with Gasteiger partial charge in [-0.15, -0.1) is 0 Å². The largest absolute Gasteiger partial charge is 0.361 e. The van der Waals surface area contributed by atoms with Crippen molar-refractivity contribution in [1.82, 2.24) is 20.1 Å². The number of nitrogens with one attached hydrogen (secondary N) is 2. The van der Waals surface area contributed by atoms with Gasteiger partial charge in [-0.2, -0.15) is 0 Å². The van der Waals surface area contributed by atoms with Gasteiger partial charge in [-0.1, -0.05) is 54.6 Å². The van der Waals surface area contributed by atoms with Gasteiger partial charge in [0, 0.05) is 36.6 Å². The number of hydrogen-bond donors (Lipinski definition) is 2. The highest BCUT2D eigenvalue weighted by Gasteiger charge is 2.39. The van der Waals surface area contributed by atoms with Gasteiger partial charge in [-0.25, -0.2) is 4.79 Å². The molecule has 0 aliphatic carbocycles. The zero-order valence-electron chi connectivity index (χ0n) is 17.6. The minimum Gasteiger partial charge on any atom is -0.361 e. The van der Waals surface area contributed by atoms with Gasteiger partial charge < -0.3 is 15.2 Å². The molecule has 3 heterocycles. The second-order valence-electron chi connectivity index (χ2n) is 8.18. The number of para-hydroxylation sites is 1. The van der Waals surface area contributed by atoms with Crippen LogP contribution in [-0.2, 0) is 16.0 Å². The van der Waals surface area contributed by atoms with E-state index in [2.05, 4.69) is 22.4 Å². The summed E-state index contributed by atoms with van der Waals surface area (Å²) in [5, 5.41) is 3.76. The standard InChI is InChI=1S/C25H24N4O3/c30-23(28-12-10-18(11-13-28)17-6-2-1-3-7-17)16-29-24(31)22(27-25(29)32)14-19-15-26-21-9-5-4-8-20(19)21/h1-10,15,22,26H,11-14,16H2,(H,27,32). The van der Waals surface area contributed by atoms with Crippen molar-refractivity contribution in [3.8, 4) is 0 Å². The Morgan fingerprint density at radius 2 is 1.81 bits per heavy atom. The predicted molar refractivity (Wildman–Crippen MR) is 122 cm³/mol. The number of rotatable bonds is 5. The Labute approximate surface area is 185 Å². The first kappa shape index (κ1) is 20.1. The van der Waals surface area contributed by atoms with E-state index >= 15 is 0 Å². The summed E-state index contributed by atoms with van der Waals surface area (Å²) in [4.78, 5) is 44.1. The first-order valence-electron chi connectivity index (χ1n) is 10.8. The third-order valence-electron chi connectivity index (χ3n) is 6.21. The average Bonchev–Trinajstić information content (AvgIpc) is 3.36. The number of carbonyl (C=O) groups is 3. The van der Waals surface area contributed by atoms with Crippen molar-refractivity contribution in [3.63, 3.8) is 0 Å². The lowest BCUT2D eigenvalue weighted by Gasteiger charge is -2.28. The number of hydrogen-bond acceptors (Lipinski definition) is 3. The van der Waals surface area contributed by atoms with Crippen LogP contribution < -0.4 is 5.32 Å². The summed E-state index contributed by atoms with van der Waals surface area (Å²) in [5.41, 5.74) is 4.32. The van der Waals surface area contributed by atoms with Crippen LogP contribution in [0.15, 0.2) is 66.9 Å². The smallest absolute Gasteiger partial charge is 0.325 e. The first-order chi connectivity index (χ1) is 15.6. The van der Waals surface area contributed by atoms with E-state index in [0.29, 0.717) is 19.5 Å². The van der Waals surface area contributed by atoms with E-state index in [-0.39, 0.29) is 18.4 Å². The molecule has 1 atom stereocenters. The average molecular weight is 428 g/mol. The molecular formula is C25H24N4O3. The van der Waals surface area contributed by atoms with Crippen LogP contribution in [0.5, 0.6) is 0 Å². The molecule has 1 aromatic heterocycles. The molecule has 2 aliphatic rings. The van der Waals surface area contributed by atoms with Gasteiger partial charge in [0.1, 0.15) is 12.6 Å². The highest BCUT2D eigenvalue weighted by Crippen LogP contribution is 2.23. The number of benzene rings is 2. The summed E-state index contributed by atoms with van der Waals surface area (Å²) in [6.45, 7) is 0.816. The van der Waals surface area contributed by atoms with Crippen molar-refractivity contribution in [2.24, 2.45) is 0 Å². The fraction of sp³-hybridized carbons (Fsp3) is 0.240. The molecule has 32 heavy (non-hydrogen) atoms. The molecule has 0 saturated carbocycles. The number of aromatic nitrogens is 1. The van der Waals surface area contributed by atoms with E-state index in [0.717, 1.165) is 33.4 Å². The van der Waals surface area contributed by atoms with Crippen molar-refractivity contribution >= 4 is 34.3 Å². The quantitative estimate of drug-likeness (QED) is 0.613. The number of fused-ring (bicyclic) bond motifs is 1. The van der Waals surface area contributed by atoms with Crippen LogP contribution in [0.25, 0.3) is 16.5 Å². The van der Waals surface area contributed by atoms with Gasteiger partial charge in [-0.05, 0) is 29.2 Å². The minimum absolute atomic E-state index is 0.218. The van der Waals surface area contributed by atoms with E-state index in [1.807, 2.05) is 54.7 Å². The molecular weight excluding hydrogens is 404 g/mol. The molecule has 1 saturated heterocycles. The van der Waals surface area contributed by atoms with Crippen LogP contribution in [0.1, 0.15) is 17.5 Å². The topological polar surface area (TPSA) is 85.5 Å². The molecule has 2 aliphatic heterocycles. The third kappa shape index (κ3) is 3.77. The normalized spacial score (nSPS) is 18.8. The van der Waals surface area contributed by atoms with E-state index < -0.39 is 12.1 Å². The molecule has 3 aromatic rings. The molecule has 1 fully saturated rings. The summed E-state index contributed by atoms with van der Waals surface area (Å²) >= 11 is 0. The fourth-order valence-electron chi connectivity index (χ4n) is 4.43. The molecule has 4 amide bonds. The van der Waals surface area contributed by atoms with Crippen molar-refractivity contribution in [3.05, 3.63) is 78.0 Å². The van der Waals surface area contributed by atoms with E-state index in [9.17, 15) is 14.4 Å². The molecule has 1 unspecified atom stereocenters. The maximum Gasteiger partial charge on any atom is 0.325 e. The number of aromatic amines is 1. The Kier molecular flexibility index (Phi) is 5.23. The lowest BCUT2D eigenvalue weighted by Crippen LogP contribution is -2.44. The Morgan fingerprint density at radius 3 is 2.59 bits per heavy atom. The molecule has 7 nitrogen and oxygen atoms in total. The molecule has 0 radical (unpaired) electrons. The van der Waals surface area contributed by atoms with E-state index in [1.54, 1.807) is 4.90 Å². The maximum atomic E-state index is 12.9. The number of carbonyl (C=O) groups excluding carboxylic acids is 3. The van der Waals surface area contributed by atoms with Crippen molar-refractivity contribution in [2.75, 3.05) is 19.6 Å². The van der Waals surface area contributed by atoms with Gasteiger partial charge in [0.05, 0.1) is 0 Å². The SMILES string of the molecule is O=C(CN1C(=O)NC(Cc2c[nH]c3ccccc23)C1=O)N1CC=C(c2ccccc2)CC1. The Hall–Kier alpha value is -3.87. The highest BCUT2D eigenvalue weighted by molar-refractivity contribution is 6.06. The Morgan fingerprint density at radius 1 is 1.03 bits per heavy atom. The molecule has 0 bridgehead atoms.